The van der Waals surface area contributed by atoms with Crippen molar-refractivity contribution >= 4 is 23.1 Å². The second-order valence-corrected chi connectivity index (χ2v) is 4.64. The van der Waals surface area contributed by atoms with Gasteiger partial charge in [0, 0.05) is 6.54 Å². The van der Waals surface area contributed by atoms with Crippen molar-refractivity contribution in [3.63, 3.8) is 0 Å². The van der Waals surface area contributed by atoms with Gasteiger partial charge in [0.1, 0.15) is 0 Å². The highest BCUT2D eigenvalue weighted by molar-refractivity contribution is 6.28. The lowest BCUT2D eigenvalue weighted by molar-refractivity contribution is 0.566. The molecule has 0 bridgehead atoms. The third kappa shape index (κ3) is 3.85. The summed E-state index contributed by atoms with van der Waals surface area (Å²) in [5.41, 5.74) is 7.14. The van der Waals surface area contributed by atoms with Crippen LogP contribution in [0, 0.1) is 12.8 Å². The van der Waals surface area contributed by atoms with E-state index in [1.165, 1.54) is 6.42 Å². The summed E-state index contributed by atoms with van der Waals surface area (Å²) < 4.78 is 0. The summed E-state index contributed by atoms with van der Waals surface area (Å²) in [6.07, 6.45) is 2.28. The Labute approximate surface area is 102 Å². The minimum atomic E-state index is 0.234. The van der Waals surface area contributed by atoms with Crippen molar-refractivity contribution in [1.29, 1.82) is 0 Å². The van der Waals surface area contributed by atoms with Gasteiger partial charge in [0.15, 0.2) is 5.82 Å². The minimum absolute atomic E-state index is 0.234. The van der Waals surface area contributed by atoms with E-state index in [0.29, 0.717) is 17.2 Å². The highest BCUT2D eigenvalue weighted by Crippen LogP contribution is 2.20. The summed E-state index contributed by atoms with van der Waals surface area (Å²) in [5.74, 6) is 1.36. The quantitative estimate of drug-likeness (QED) is 0.616. The zero-order valence-electron chi connectivity index (χ0n) is 10.0. The number of nitrogen functional groups attached to an aromatic ring is 1. The van der Waals surface area contributed by atoms with Gasteiger partial charge in [-0.05, 0) is 37.3 Å². The van der Waals surface area contributed by atoms with Crippen LogP contribution in [0.25, 0.3) is 0 Å². The Morgan fingerprint density at radius 1 is 1.38 bits per heavy atom. The third-order valence-corrected chi connectivity index (χ3v) is 2.53. The second-order valence-electron chi connectivity index (χ2n) is 4.30. The Morgan fingerprint density at radius 2 is 2.06 bits per heavy atom. The van der Waals surface area contributed by atoms with Gasteiger partial charge in [-0.15, -0.1) is 0 Å². The highest BCUT2D eigenvalue weighted by Gasteiger charge is 2.06. The molecule has 0 aliphatic heterocycles. The first-order valence-electron chi connectivity index (χ1n) is 5.54. The molecule has 0 fully saturated rings. The molecule has 0 aromatic carbocycles. The first-order valence-corrected chi connectivity index (χ1v) is 5.92. The number of halogens is 1. The van der Waals surface area contributed by atoms with Gasteiger partial charge in [0.25, 0.3) is 0 Å². The summed E-state index contributed by atoms with van der Waals surface area (Å²) in [6.45, 7) is 7.09. The number of hydrogen-bond donors (Lipinski definition) is 2. The molecule has 0 radical (unpaired) electrons. The maximum absolute atomic E-state index is 5.85. The van der Waals surface area contributed by atoms with Gasteiger partial charge >= 0.3 is 0 Å². The number of hydrogen-bond acceptors (Lipinski definition) is 4. The van der Waals surface area contributed by atoms with E-state index in [2.05, 4.69) is 29.1 Å². The molecule has 5 heteroatoms. The Kier molecular flexibility index (Phi) is 4.80. The van der Waals surface area contributed by atoms with E-state index in [1.54, 1.807) is 0 Å². The van der Waals surface area contributed by atoms with Gasteiger partial charge in [-0.25, -0.2) is 4.98 Å². The Bertz CT molecular complexity index is 352. The van der Waals surface area contributed by atoms with Crippen LogP contribution < -0.4 is 11.1 Å². The van der Waals surface area contributed by atoms with Crippen molar-refractivity contribution in [2.24, 2.45) is 5.92 Å². The molecule has 1 aromatic rings. The van der Waals surface area contributed by atoms with Crippen molar-refractivity contribution in [2.45, 2.75) is 33.6 Å². The van der Waals surface area contributed by atoms with Crippen LogP contribution in [0.3, 0.4) is 0 Å². The van der Waals surface area contributed by atoms with E-state index >= 15 is 0 Å². The number of aromatic nitrogens is 2. The smallest absolute Gasteiger partial charge is 0.224 e. The van der Waals surface area contributed by atoms with Gasteiger partial charge in [0.2, 0.25) is 5.28 Å². The van der Waals surface area contributed by atoms with E-state index in [9.17, 15) is 0 Å². The molecule has 0 aliphatic carbocycles. The molecular weight excluding hydrogens is 224 g/mol. The maximum Gasteiger partial charge on any atom is 0.224 e. The van der Waals surface area contributed by atoms with Crippen LogP contribution in [0.5, 0.6) is 0 Å². The molecule has 0 aliphatic rings. The molecule has 0 saturated heterocycles. The molecule has 3 N–H and O–H groups in total. The standard InChI is InChI=1S/C11H19ClN4/c1-7(2)5-4-6-14-10-9(13)8(3)15-11(12)16-10/h7H,4-6,13H2,1-3H3,(H,14,15,16). The number of rotatable bonds is 5. The number of nitrogens with two attached hydrogens (primary N) is 1. The highest BCUT2D eigenvalue weighted by atomic mass is 35.5. The monoisotopic (exact) mass is 242 g/mol. The molecule has 1 rings (SSSR count). The number of aryl methyl sites for hydroxylation is 1. The summed E-state index contributed by atoms with van der Waals surface area (Å²) in [5, 5.41) is 3.42. The fraction of sp³-hybridized carbons (Fsp3) is 0.636. The van der Waals surface area contributed by atoms with Crippen LogP contribution in [0.4, 0.5) is 11.5 Å². The molecule has 1 heterocycles. The number of nitrogens with one attached hydrogen (secondary N) is 1. The first kappa shape index (κ1) is 13.0. The minimum Gasteiger partial charge on any atom is -0.394 e. The predicted octanol–water partition coefficient (Wildman–Crippen LogP) is 2.87. The second kappa shape index (κ2) is 5.89. The van der Waals surface area contributed by atoms with E-state index in [0.717, 1.165) is 18.9 Å². The van der Waals surface area contributed by atoms with E-state index < -0.39 is 0 Å². The van der Waals surface area contributed by atoms with Crippen molar-refractivity contribution in [1.82, 2.24) is 9.97 Å². The van der Waals surface area contributed by atoms with Crippen molar-refractivity contribution in [2.75, 3.05) is 17.6 Å². The molecule has 0 atom stereocenters. The lowest BCUT2D eigenvalue weighted by Gasteiger charge is -2.10. The van der Waals surface area contributed by atoms with E-state index in [-0.39, 0.29) is 5.28 Å². The molecule has 16 heavy (non-hydrogen) atoms. The first-order chi connectivity index (χ1) is 7.50. The van der Waals surface area contributed by atoms with Gasteiger partial charge < -0.3 is 11.1 Å². The average Bonchev–Trinajstić information content (AvgIpc) is 2.19. The zero-order valence-corrected chi connectivity index (χ0v) is 10.8. The summed E-state index contributed by atoms with van der Waals surface area (Å²) in [4.78, 5) is 8.05. The fourth-order valence-electron chi connectivity index (χ4n) is 1.40. The Hall–Kier alpha value is -1.03. The van der Waals surface area contributed by atoms with Crippen LogP contribution >= 0.6 is 11.6 Å². The SMILES string of the molecule is Cc1nc(Cl)nc(NCCCC(C)C)c1N. The lowest BCUT2D eigenvalue weighted by atomic mass is 10.1. The van der Waals surface area contributed by atoms with Crippen LogP contribution in [-0.4, -0.2) is 16.5 Å². The lowest BCUT2D eigenvalue weighted by Crippen LogP contribution is -2.09. The van der Waals surface area contributed by atoms with Gasteiger partial charge in [-0.3, -0.25) is 0 Å². The zero-order chi connectivity index (χ0) is 12.1. The van der Waals surface area contributed by atoms with Crippen LogP contribution in [-0.2, 0) is 0 Å². The maximum atomic E-state index is 5.85. The largest absolute Gasteiger partial charge is 0.394 e. The van der Waals surface area contributed by atoms with Crippen LogP contribution in [0.15, 0.2) is 0 Å². The number of anilines is 2. The van der Waals surface area contributed by atoms with Gasteiger partial charge in [0.05, 0.1) is 11.4 Å². The van der Waals surface area contributed by atoms with Gasteiger partial charge in [-0.1, -0.05) is 13.8 Å². The van der Waals surface area contributed by atoms with Crippen LogP contribution in [0.1, 0.15) is 32.4 Å². The normalized spacial score (nSPS) is 10.8. The van der Waals surface area contributed by atoms with E-state index in [1.807, 2.05) is 6.92 Å². The molecule has 4 nitrogen and oxygen atoms in total. The molecule has 1 aromatic heterocycles. The predicted molar refractivity (Wildman–Crippen MR) is 68.8 cm³/mol. The summed E-state index contributed by atoms with van der Waals surface area (Å²) in [6, 6.07) is 0. The molecule has 0 spiro atoms. The van der Waals surface area contributed by atoms with Gasteiger partial charge in [-0.2, -0.15) is 4.98 Å². The van der Waals surface area contributed by atoms with Crippen LogP contribution in [0.2, 0.25) is 5.28 Å². The number of nitrogens with zero attached hydrogens (tertiary/aromatic N) is 2. The fourth-order valence-corrected chi connectivity index (χ4v) is 1.61. The van der Waals surface area contributed by atoms with Crippen molar-refractivity contribution in [3.8, 4) is 0 Å². The van der Waals surface area contributed by atoms with E-state index in [4.69, 9.17) is 17.3 Å². The van der Waals surface area contributed by atoms with Crippen molar-refractivity contribution < 1.29 is 0 Å². The molecule has 0 amide bonds. The van der Waals surface area contributed by atoms with Crippen molar-refractivity contribution in [3.05, 3.63) is 11.0 Å². The third-order valence-electron chi connectivity index (χ3n) is 2.36. The molecule has 0 saturated carbocycles. The Balaban J connectivity index is 2.53. The molecule has 90 valence electrons. The molecule has 0 unspecified atom stereocenters. The molecular formula is C11H19ClN4. The summed E-state index contributed by atoms with van der Waals surface area (Å²) >= 11 is 5.77. The topological polar surface area (TPSA) is 63.8 Å². The average molecular weight is 243 g/mol. The Morgan fingerprint density at radius 3 is 2.69 bits per heavy atom. The summed E-state index contributed by atoms with van der Waals surface area (Å²) in [7, 11) is 0.